The monoisotopic (exact) mass is 179 g/mol. The fourth-order valence-corrected chi connectivity index (χ4v) is 0.854. The summed E-state index contributed by atoms with van der Waals surface area (Å²) in [5.74, 6) is 4.69. The smallest absolute Gasteiger partial charge is 0.228 e. The summed E-state index contributed by atoms with van der Waals surface area (Å²) in [5.41, 5.74) is 1.16. The fourth-order valence-electron chi connectivity index (χ4n) is 0.854. The van der Waals surface area contributed by atoms with E-state index >= 15 is 0 Å². The average Bonchev–Trinajstić information content (AvgIpc) is 2.11. The molecule has 0 amide bonds. The molecular formula is C10H10FNO. The Morgan fingerprint density at radius 1 is 1.62 bits per heavy atom. The first kappa shape index (κ1) is 9.69. The Hall–Kier alpha value is -1.40. The van der Waals surface area contributed by atoms with Gasteiger partial charge in [-0.1, -0.05) is 11.8 Å². The van der Waals surface area contributed by atoms with Crippen molar-refractivity contribution in [3.63, 3.8) is 0 Å². The molecule has 1 aromatic rings. The van der Waals surface area contributed by atoms with E-state index in [1.807, 2.05) is 6.92 Å². The number of pyridine rings is 1. The third-order valence-electron chi connectivity index (χ3n) is 1.44. The molecule has 0 aliphatic carbocycles. The zero-order chi connectivity index (χ0) is 9.68. The number of aliphatic hydroxyl groups excluding tert-OH is 1. The highest BCUT2D eigenvalue weighted by molar-refractivity contribution is 5.34. The van der Waals surface area contributed by atoms with E-state index in [0.29, 0.717) is 6.42 Å². The van der Waals surface area contributed by atoms with E-state index in [1.165, 1.54) is 6.20 Å². The maximum absolute atomic E-state index is 12.9. The molecule has 1 heterocycles. The molecule has 0 aromatic carbocycles. The van der Waals surface area contributed by atoms with Gasteiger partial charge in [0.1, 0.15) is 0 Å². The average molecular weight is 179 g/mol. The molecule has 0 atom stereocenters. The summed E-state index contributed by atoms with van der Waals surface area (Å²) < 4.78 is 12.9. The van der Waals surface area contributed by atoms with Crippen LogP contribution in [-0.4, -0.2) is 16.7 Å². The number of nitrogens with zero attached hydrogens (tertiary/aromatic N) is 1. The summed E-state index contributed by atoms with van der Waals surface area (Å²) in [6, 6.07) is 1.63. The second-order valence-corrected chi connectivity index (χ2v) is 2.63. The maximum atomic E-state index is 12.9. The Labute approximate surface area is 76.4 Å². The molecule has 0 bridgehead atoms. The van der Waals surface area contributed by atoms with Crippen molar-refractivity contribution in [3.05, 3.63) is 29.3 Å². The Morgan fingerprint density at radius 2 is 2.38 bits per heavy atom. The standard InChI is InChI=1S/C10H10FNO/c1-8-6-9(4-2-3-5-13)10(11)12-7-8/h6-7,13H,3,5H2,1H3. The molecule has 0 spiro atoms. The molecule has 0 aliphatic rings. The summed E-state index contributed by atoms with van der Waals surface area (Å²) in [4.78, 5) is 3.53. The normalized spacial score (nSPS) is 9.15. The molecule has 1 aromatic heterocycles. The van der Waals surface area contributed by atoms with Gasteiger partial charge in [-0.25, -0.2) is 4.98 Å². The first-order valence-electron chi connectivity index (χ1n) is 3.96. The zero-order valence-corrected chi connectivity index (χ0v) is 7.34. The van der Waals surface area contributed by atoms with E-state index in [9.17, 15) is 4.39 Å². The molecular weight excluding hydrogens is 169 g/mol. The first-order chi connectivity index (χ1) is 6.24. The number of aliphatic hydroxyl groups is 1. The minimum Gasteiger partial charge on any atom is -0.395 e. The molecule has 2 nitrogen and oxygen atoms in total. The lowest BCUT2D eigenvalue weighted by Crippen LogP contribution is -1.89. The van der Waals surface area contributed by atoms with Gasteiger partial charge in [0.25, 0.3) is 0 Å². The molecule has 1 N–H and O–H groups in total. The third-order valence-corrected chi connectivity index (χ3v) is 1.44. The van der Waals surface area contributed by atoms with Gasteiger partial charge in [0, 0.05) is 12.6 Å². The van der Waals surface area contributed by atoms with Crippen molar-refractivity contribution >= 4 is 0 Å². The lowest BCUT2D eigenvalue weighted by Gasteiger charge is -1.94. The summed E-state index contributed by atoms with van der Waals surface area (Å²) in [5, 5.41) is 8.46. The molecule has 0 saturated heterocycles. The molecule has 1 rings (SSSR count). The fraction of sp³-hybridized carbons (Fsp3) is 0.300. The van der Waals surface area contributed by atoms with E-state index < -0.39 is 5.95 Å². The van der Waals surface area contributed by atoms with Crippen LogP contribution >= 0.6 is 0 Å². The lowest BCUT2D eigenvalue weighted by atomic mass is 10.2. The van der Waals surface area contributed by atoms with Crippen molar-refractivity contribution in [2.24, 2.45) is 0 Å². The van der Waals surface area contributed by atoms with Crippen LogP contribution in [0.5, 0.6) is 0 Å². The highest BCUT2D eigenvalue weighted by Gasteiger charge is 1.98. The van der Waals surface area contributed by atoms with E-state index in [4.69, 9.17) is 5.11 Å². The number of aryl methyl sites for hydroxylation is 1. The minimum absolute atomic E-state index is 0.00609. The molecule has 0 unspecified atom stereocenters. The summed E-state index contributed by atoms with van der Waals surface area (Å²) >= 11 is 0. The Kier molecular flexibility index (Phi) is 3.41. The van der Waals surface area contributed by atoms with Crippen LogP contribution in [0.3, 0.4) is 0 Å². The van der Waals surface area contributed by atoms with Gasteiger partial charge in [-0.2, -0.15) is 4.39 Å². The Bertz CT molecular complexity index is 352. The lowest BCUT2D eigenvalue weighted by molar-refractivity contribution is 0.305. The Morgan fingerprint density at radius 3 is 3.08 bits per heavy atom. The number of halogens is 1. The topological polar surface area (TPSA) is 33.1 Å². The van der Waals surface area contributed by atoms with Gasteiger partial charge < -0.3 is 5.11 Å². The molecule has 0 aliphatic heterocycles. The predicted octanol–water partition coefficient (Wildman–Crippen LogP) is 1.26. The molecule has 0 radical (unpaired) electrons. The van der Waals surface area contributed by atoms with Crippen LogP contribution in [-0.2, 0) is 0 Å². The van der Waals surface area contributed by atoms with Crippen LogP contribution in [0.25, 0.3) is 0 Å². The summed E-state index contributed by atoms with van der Waals surface area (Å²) in [6.07, 6.45) is 1.81. The van der Waals surface area contributed by atoms with E-state index in [2.05, 4.69) is 16.8 Å². The van der Waals surface area contributed by atoms with Crippen LogP contribution in [0.15, 0.2) is 12.3 Å². The number of aromatic nitrogens is 1. The second kappa shape index (κ2) is 4.58. The van der Waals surface area contributed by atoms with E-state index in [0.717, 1.165) is 5.56 Å². The highest BCUT2D eigenvalue weighted by atomic mass is 19.1. The van der Waals surface area contributed by atoms with Crippen molar-refractivity contribution in [1.29, 1.82) is 0 Å². The van der Waals surface area contributed by atoms with Crippen LogP contribution in [0.1, 0.15) is 17.5 Å². The first-order valence-corrected chi connectivity index (χ1v) is 3.96. The van der Waals surface area contributed by atoms with Gasteiger partial charge in [0.05, 0.1) is 12.2 Å². The van der Waals surface area contributed by atoms with Crippen molar-refractivity contribution in [2.45, 2.75) is 13.3 Å². The van der Waals surface area contributed by atoms with Gasteiger partial charge in [0.2, 0.25) is 5.95 Å². The van der Waals surface area contributed by atoms with Gasteiger partial charge in [-0.05, 0) is 18.6 Å². The second-order valence-electron chi connectivity index (χ2n) is 2.63. The molecule has 3 heteroatoms. The largest absolute Gasteiger partial charge is 0.395 e. The summed E-state index contributed by atoms with van der Waals surface area (Å²) in [6.45, 7) is 1.82. The van der Waals surface area contributed by atoms with Gasteiger partial charge in [-0.15, -0.1) is 0 Å². The SMILES string of the molecule is Cc1cnc(F)c(C#CCCO)c1. The maximum Gasteiger partial charge on any atom is 0.228 e. The van der Waals surface area contributed by atoms with Crippen molar-refractivity contribution in [1.82, 2.24) is 4.98 Å². The van der Waals surface area contributed by atoms with Crippen LogP contribution in [0, 0.1) is 24.7 Å². The van der Waals surface area contributed by atoms with Crippen LogP contribution < -0.4 is 0 Å². The molecule has 68 valence electrons. The molecule has 0 fully saturated rings. The number of rotatable bonds is 1. The minimum atomic E-state index is -0.559. The van der Waals surface area contributed by atoms with Crippen molar-refractivity contribution in [3.8, 4) is 11.8 Å². The van der Waals surface area contributed by atoms with Crippen molar-refractivity contribution < 1.29 is 9.50 Å². The van der Waals surface area contributed by atoms with Gasteiger partial charge in [-0.3, -0.25) is 0 Å². The third kappa shape index (κ3) is 2.85. The number of hydrogen-bond acceptors (Lipinski definition) is 2. The van der Waals surface area contributed by atoms with Crippen LogP contribution in [0.4, 0.5) is 4.39 Å². The molecule has 0 saturated carbocycles. The summed E-state index contributed by atoms with van der Waals surface area (Å²) in [7, 11) is 0. The quantitative estimate of drug-likeness (QED) is 0.520. The van der Waals surface area contributed by atoms with Gasteiger partial charge in [0.15, 0.2) is 0 Å². The predicted molar refractivity (Wildman–Crippen MR) is 47.5 cm³/mol. The van der Waals surface area contributed by atoms with E-state index in [-0.39, 0.29) is 12.2 Å². The van der Waals surface area contributed by atoms with Gasteiger partial charge >= 0.3 is 0 Å². The number of hydrogen-bond donors (Lipinski definition) is 1. The van der Waals surface area contributed by atoms with Crippen LogP contribution in [0.2, 0.25) is 0 Å². The zero-order valence-electron chi connectivity index (χ0n) is 7.34. The molecule has 13 heavy (non-hydrogen) atoms. The van der Waals surface area contributed by atoms with Crippen molar-refractivity contribution in [2.75, 3.05) is 6.61 Å². The Balaban J connectivity index is 2.89. The highest BCUT2D eigenvalue weighted by Crippen LogP contribution is 2.04. The van der Waals surface area contributed by atoms with E-state index in [1.54, 1.807) is 6.07 Å².